The smallest absolute Gasteiger partial charge is 0.377 e. The molecule has 0 saturated heterocycles. The average molecular weight is 337 g/mol. The number of aromatic nitrogens is 1. The number of amides is 1. The number of nitro benzene ring substituents is 1. The first-order valence-corrected chi connectivity index (χ1v) is 6.67. The van der Waals surface area contributed by atoms with Gasteiger partial charge in [0.1, 0.15) is 0 Å². The highest BCUT2D eigenvalue weighted by Crippen LogP contribution is 2.21. The number of halogens is 1. The van der Waals surface area contributed by atoms with E-state index in [0.717, 1.165) is 18.2 Å². The van der Waals surface area contributed by atoms with Crippen molar-refractivity contribution in [3.05, 3.63) is 51.7 Å². The van der Waals surface area contributed by atoms with Gasteiger partial charge in [0, 0.05) is 17.8 Å². The van der Waals surface area contributed by atoms with Crippen LogP contribution in [0.4, 0.5) is 15.8 Å². The Kier molecular flexibility index (Phi) is 4.87. The number of esters is 1. The van der Waals surface area contributed by atoms with E-state index < -0.39 is 34.4 Å². The average Bonchev–Trinajstić information content (AvgIpc) is 2.95. The number of ether oxygens (including phenoxy) is 1. The van der Waals surface area contributed by atoms with Crippen molar-refractivity contribution in [2.45, 2.75) is 20.0 Å². The first-order chi connectivity index (χ1) is 11.3. The van der Waals surface area contributed by atoms with Gasteiger partial charge in [-0.15, -0.1) is 0 Å². The minimum absolute atomic E-state index is 0.00786. The summed E-state index contributed by atoms with van der Waals surface area (Å²) in [6.45, 7) is 2.91. The number of anilines is 1. The van der Waals surface area contributed by atoms with Gasteiger partial charge in [0.2, 0.25) is 11.6 Å². The van der Waals surface area contributed by atoms with E-state index in [1.165, 1.54) is 13.0 Å². The van der Waals surface area contributed by atoms with Crippen LogP contribution in [-0.2, 0) is 9.53 Å². The van der Waals surface area contributed by atoms with Crippen LogP contribution in [0.2, 0.25) is 0 Å². The molecule has 1 N–H and O–H groups in total. The summed E-state index contributed by atoms with van der Waals surface area (Å²) in [5, 5.41) is 16.5. The van der Waals surface area contributed by atoms with E-state index in [2.05, 4.69) is 10.5 Å². The number of nitro groups is 1. The van der Waals surface area contributed by atoms with Crippen LogP contribution in [0.1, 0.15) is 23.2 Å². The van der Waals surface area contributed by atoms with Crippen LogP contribution in [0.5, 0.6) is 0 Å². The topological polar surface area (TPSA) is 125 Å². The van der Waals surface area contributed by atoms with E-state index in [1.54, 1.807) is 6.92 Å². The van der Waals surface area contributed by atoms with E-state index in [0.29, 0.717) is 5.69 Å². The van der Waals surface area contributed by atoms with E-state index in [-0.39, 0.29) is 11.4 Å². The molecule has 0 fully saturated rings. The van der Waals surface area contributed by atoms with E-state index in [4.69, 9.17) is 9.26 Å². The van der Waals surface area contributed by atoms with Gasteiger partial charge in [-0.3, -0.25) is 14.9 Å². The van der Waals surface area contributed by atoms with Crippen molar-refractivity contribution in [3.8, 4) is 0 Å². The first kappa shape index (κ1) is 17.1. The second-order valence-corrected chi connectivity index (χ2v) is 4.79. The Labute approximate surface area is 134 Å². The molecule has 2 rings (SSSR count). The summed E-state index contributed by atoms with van der Waals surface area (Å²) >= 11 is 0. The van der Waals surface area contributed by atoms with Crippen molar-refractivity contribution in [2.75, 3.05) is 5.32 Å². The summed E-state index contributed by atoms with van der Waals surface area (Å²) in [5.41, 5.74) is -0.321. The normalized spacial score (nSPS) is 11.6. The Bertz CT molecular complexity index is 804. The van der Waals surface area contributed by atoms with Gasteiger partial charge in [-0.25, -0.2) is 4.79 Å². The van der Waals surface area contributed by atoms with Gasteiger partial charge in [0.05, 0.1) is 10.6 Å². The van der Waals surface area contributed by atoms with Crippen molar-refractivity contribution in [1.29, 1.82) is 0 Å². The summed E-state index contributed by atoms with van der Waals surface area (Å²) in [4.78, 5) is 33.4. The van der Waals surface area contributed by atoms with Gasteiger partial charge in [-0.05, 0) is 26.0 Å². The number of hydrogen-bond donors (Lipinski definition) is 1. The number of nitrogens with one attached hydrogen (secondary N) is 1. The molecular formula is C14H12FN3O6. The van der Waals surface area contributed by atoms with Crippen LogP contribution < -0.4 is 5.32 Å². The van der Waals surface area contributed by atoms with Crippen molar-refractivity contribution in [3.63, 3.8) is 0 Å². The molecule has 0 bridgehead atoms. The monoisotopic (exact) mass is 337 g/mol. The molecule has 0 radical (unpaired) electrons. The fraction of sp³-hybridized carbons (Fsp3) is 0.214. The van der Waals surface area contributed by atoms with Gasteiger partial charge in [0.15, 0.2) is 6.10 Å². The lowest BCUT2D eigenvalue weighted by Gasteiger charge is -2.12. The molecule has 1 atom stereocenters. The van der Waals surface area contributed by atoms with Gasteiger partial charge in [-0.2, -0.15) is 4.39 Å². The third-order valence-electron chi connectivity index (χ3n) is 2.89. The summed E-state index contributed by atoms with van der Waals surface area (Å²) < 4.78 is 22.8. The van der Waals surface area contributed by atoms with E-state index in [9.17, 15) is 24.1 Å². The van der Waals surface area contributed by atoms with Gasteiger partial charge >= 0.3 is 11.7 Å². The number of carbonyl (C=O) groups is 2. The summed E-state index contributed by atoms with van der Waals surface area (Å²) in [5.74, 6) is -2.83. The number of nitrogens with zero attached hydrogens (tertiary/aromatic N) is 2. The zero-order valence-corrected chi connectivity index (χ0v) is 12.6. The SMILES string of the molecule is Cc1cc(C(=O)O[C@H](C)C(=O)Nc2ccc(F)c([N+](=O)[O-])c2)on1. The van der Waals surface area contributed by atoms with Crippen molar-refractivity contribution in [1.82, 2.24) is 5.16 Å². The van der Waals surface area contributed by atoms with E-state index in [1.807, 2.05) is 0 Å². The van der Waals surface area contributed by atoms with Crippen LogP contribution in [-0.4, -0.2) is 28.1 Å². The van der Waals surface area contributed by atoms with Gasteiger partial charge in [-0.1, -0.05) is 5.16 Å². The quantitative estimate of drug-likeness (QED) is 0.504. The molecule has 10 heteroatoms. The maximum atomic E-state index is 13.2. The third kappa shape index (κ3) is 3.91. The lowest BCUT2D eigenvalue weighted by atomic mass is 10.2. The Hall–Kier alpha value is -3.30. The van der Waals surface area contributed by atoms with Gasteiger partial charge < -0.3 is 14.6 Å². The van der Waals surface area contributed by atoms with Crippen LogP contribution in [0, 0.1) is 22.9 Å². The summed E-state index contributed by atoms with van der Waals surface area (Å²) in [7, 11) is 0. The lowest BCUT2D eigenvalue weighted by molar-refractivity contribution is -0.387. The molecule has 0 aliphatic carbocycles. The molecule has 1 aromatic carbocycles. The van der Waals surface area contributed by atoms with Crippen LogP contribution in [0.3, 0.4) is 0 Å². The molecule has 0 aliphatic heterocycles. The second kappa shape index (κ2) is 6.86. The molecular weight excluding hydrogens is 325 g/mol. The zero-order valence-electron chi connectivity index (χ0n) is 12.6. The van der Waals surface area contributed by atoms with Crippen LogP contribution in [0.15, 0.2) is 28.8 Å². The fourth-order valence-corrected chi connectivity index (χ4v) is 1.71. The van der Waals surface area contributed by atoms with Crippen LogP contribution >= 0.6 is 0 Å². The molecule has 1 heterocycles. The molecule has 24 heavy (non-hydrogen) atoms. The highest BCUT2D eigenvalue weighted by Gasteiger charge is 2.23. The number of benzene rings is 1. The number of carbonyl (C=O) groups excluding carboxylic acids is 2. The Balaban J connectivity index is 2.02. The molecule has 0 unspecified atom stereocenters. The zero-order chi connectivity index (χ0) is 17.9. The molecule has 1 aromatic heterocycles. The minimum Gasteiger partial charge on any atom is -0.447 e. The third-order valence-corrected chi connectivity index (χ3v) is 2.89. The number of hydrogen-bond acceptors (Lipinski definition) is 7. The van der Waals surface area contributed by atoms with Gasteiger partial charge in [0.25, 0.3) is 5.91 Å². The standard InChI is InChI=1S/C14H12FN3O6/c1-7-5-12(24-17-7)14(20)23-8(2)13(19)16-9-3-4-10(15)11(6-9)18(21)22/h3-6,8H,1-2H3,(H,16,19)/t8-/m1/s1. The fourth-order valence-electron chi connectivity index (χ4n) is 1.71. The Morgan fingerprint density at radius 1 is 1.42 bits per heavy atom. The predicted molar refractivity (Wildman–Crippen MR) is 77.8 cm³/mol. The largest absolute Gasteiger partial charge is 0.447 e. The molecule has 126 valence electrons. The number of aryl methyl sites for hydroxylation is 1. The highest BCUT2D eigenvalue weighted by atomic mass is 19.1. The summed E-state index contributed by atoms with van der Waals surface area (Å²) in [6, 6.07) is 4.20. The maximum Gasteiger partial charge on any atom is 0.377 e. The molecule has 2 aromatic rings. The second-order valence-electron chi connectivity index (χ2n) is 4.79. The predicted octanol–water partition coefficient (Wildman–Crippen LogP) is 2.21. The highest BCUT2D eigenvalue weighted by molar-refractivity contribution is 5.96. The first-order valence-electron chi connectivity index (χ1n) is 6.67. The molecule has 1 amide bonds. The Morgan fingerprint density at radius 3 is 2.71 bits per heavy atom. The lowest BCUT2D eigenvalue weighted by Crippen LogP contribution is -2.29. The van der Waals surface area contributed by atoms with Crippen molar-refractivity contribution < 1.29 is 28.2 Å². The number of rotatable bonds is 5. The maximum absolute atomic E-state index is 13.2. The minimum atomic E-state index is -1.22. The van der Waals surface area contributed by atoms with Crippen molar-refractivity contribution in [2.24, 2.45) is 0 Å². The van der Waals surface area contributed by atoms with Crippen LogP contribution in [0.25, 0.3) is 0 Å². The van der Waals surface area contributed by atoms with Crippen molar-refractivity contribution >= 4 is 23.3 Å². The molecule has 0 saturated carbocycles. The molecule has 9 nitrogen and oxygen atoms in total. The molecule has 0 spiro atoms. The Morgan fingerprint density at radius 2 is 2.12 bits per heavy atom. The summed E-state index contributed by atoms with van der Waals surface area (Å²) in [6.07, 6.45) is -1.22. The van der Waals surface area contributed by atoms with E-state index >= 15 is 0 Å². The molecule has 0 aliphatic rings.